The van der Waals surface area contributed by atoms with Gasteiger partial charge in [0, 0.05) is 5.56 Å². The molecule has 3 rings (SSSR count). The van der Waals surface area contributed by atoms with E-state index < -0.39 is 0 Å². The summed E-state index contributed by atoms with van der Waals surface area (Å²) in [5, 5.41) is 6.85. The minimum absolute atomic E-state index is 1.03. The molecule has 24 heavy (non-hydrogen) atoms. The van der Waals surface area contributed by atoms with Gasteiger partial charge < -0.3 is 4.90 Å². The SMILES string of the molecule is Cc1ccc(/C=N\N2CC[NH+](Cc3ccc(C)cc3C)CC2)cc1. The zero-order valence-corrected chi connectivity index (χ0v) is 15.0. The predicted octanol–water partition coefficient (Wildman–Crippen LogP) is 2.35. The number of hydrazone groups is 1. The summed E-state index contributed by atoms with van der Waals surface area (Å²) in [6.07, 6.45) is 1.98. The van der Waals surface area contributed by atoms with Crippen molar-refractivity contribution in [2.45, 2.75) is 27.3 Å². The van der Waals surface area contributed by atoms with E-state index in [1.165, 1.54) is 27.8 Å². The van der Waals surface area contributed by atoms with Crippen molar-refractivity contribution >= 4 is 6.21 Å². The highest BCUT2D eigenvalue weighted by Crippen LogP contribution is 2.09. The molecule has 1 aliphatic heterocycles. The van der Waals surface area contributed by atoms with Crippen LogP contribution in [-0.2, 0) is 6.54 Å². The Morgan fingerprint density at radius 1 is 0.958 bits per heavy atom. The minimum atomic E-state index is 1.03. The molecular formula is C21H28N3+. The lowest BCUT2D eigenvalue weighted by Gasteiger charge is -2.30. The first-order valence-corrected chi connectivity index (χ1v) is 8.85. The van der Waals surface area contributed by atoms with Gasteiger partial charge in [-0.3, -0.25) is 5.01 Å². The third-order valence-corrected chi connectivity index (χ3v) is 4.83. The molecule has 0 atom stereocenters. The number of hydrogen-bond donors (Lipinski definition) is 1. The maximum atomic E-state index is 4.65. The highest BCUT2D eigenvalue weighted by atomic mass is 15.5. The first kappa shape index (κ1) is 16.7. The Morgan fingerprint density at radius 3 is 2.29 bits per heavy atom. The summed E-state index contributed by atoms with van der Waals surface area (Å²) in [5.74, 6) is 0. The summed E-state index contributed by atoms with van der Waals surface area (Å²) in [7, 11) is 0. The van der Waals surface area contributed by atoms with Crippen LogP contribution in [0.15, 0.2) is 47.6 Å². The van der Waals surface area contributed by atoms with Crippen LogP contribution in [-0.4, -0.2) is 37.4 Å². The second-order valence-corrected chi connectivity index (χ2v) is 6.97. The highest BCUT2D eigenvalue weighted by Gasteiger charge is 2.19. The first-order valence-electron chi connectivity index (χ1n) is 8.85. The standard InChI is InChI=1S/C21H27N3/c1-17-4-7-20(8-5-17)15-22-24-12-10-23(11-13-24)16-21-9-6-18(2)14-19(21)3/h4-9,14-15H,10-13,16H2,1-3H3/p+1/b22-15-. The molecule has 1 aliphatic rings. The molecular weight excluding hydrogens is 294 g/mol. The molecule has 0 aromatic heterocycles. The van der Waals surface area contributed by atoms with E-state index in [2.05, 4.69) is 73.3 Å². The van der Waals surface area contributed by atoms with Gasteiger partial charge in [-0.25, -0.2) is 0 Å². The number of piperazine rings is 1. The van der Waals surface area contributed by atoms with Crippen molar-refractivity contribution in [3.8, 4) is 0 Å². The van der Waals surface area contributed by atoms with Gasteiger partial charge in [0.25, 0.3) is 0 Å². The number of rotatable bonds is 4. The molecule has 0 radical (unpaired) electrons. The topological polar surface area (TPSA) is 20.0 Å². The van der Waals surface area contributed by atoms with Crippen LogP contribution in [0.4, 0.5) is 0 Å². The Labute approximate surface area is 145 Å². The molecule has 126 valence electrons. The summed E-state index contributed by atoms with van der Waals surface area (Å²) >= 11 is 0. The van der Waals surface area contributed by atoms with Crippen molar-refractivity contribution < 1.29 is 4.90 Å². The molecule has 1 saturated heterocycles. The van der Waals surface area contributed by atoms with E-state index >= 15 is 0 Å². The van der Waals surface area contributed by atoms with Gasteiger partial charge in [-0.05, 0) is 31.9 Å². The van der Waals surface area contributed by atoms with Crippen LogP contribution in [0.25, 0.3) is 0 Å². The maximum absolute atomic E-state index is 4.65. The van der Waals surface area contributed by atoms with Crippen molar-refractivity contribution in [1.82, 2.24) is 5.01 Å². The first-order chi connectivity index (χ1) is 11.6. The summed E-state index contributed by atoms with van der Waals surface area (Å²) in [4.78, 5) is 1.66. The second kappa shape index (κ2) is 7.63. The van der Waals surface area contributed by atoms with Crippen LogP contribution in [0.1, 0.15) is 27.8 Å². The van der Waals surface area contributed by atoms with E-state index in [4.69, 9.17) is 0 Å². The highest BCUT2D eigenvalue weighted by molar-refractivity contribution is 5.79. The molecule has 3 heteroatoms. The lowest BCUT2D eigenvalue weighted by Crippen LogP contribution is -3.13. The van der Waals surface area contributed by atoms with Crippen molar-refractivity contribution in [1.29, 1.82) is 0 Å². The van der Waals surface area contributed by atoms with Gasteiger partial charge in [-0.15, -0.1) is 0 Å². The van der Waals surface area contributed by atoms with Gasteiger partial charge in [-0.1, -0.05) is 53.6 Å². The van der Waals surface area contributed by atoms with Crippen LogP contribution in [0.3, 0.4) is 0 Å². The molecule has 3 nitrogen and oxygen atoms in total. The number of nitrogens with one attached hydrogen (secondary N) is 1. The van der Waals surface area contributed by atoms with E-state index in [9.17, 15) is 0 Å². The van der Waals surface area contributed by atoms with Gasteiger partial charge >= 0.3 is 0 Å². The zero-order valence-electron chi connectivity index (χ0n) is 15.0. The largest absolute Gasteiger partial charge is 0.328 e. The summed E-state index contributed by atoms with van der Waals surface area (Å²) in [6, 6.07) is 15.3. The third-order valence-electron chi connectivity index (χ3n) is 4.83. The van der Waals surface area contributed by atoms with E-state index in [0.717, 1.165) is 32.7 Å². The Bertz CT molecular complexity index is 696. The molecule has 1 heterocycles. The lowest BCUT2D eigenvalue weighted by atomic mass is 10.1. The number of quaternary nitrogens is 1. The maximum Gasteiger partial charge on any atom is 0.103 e. The summed E-state index contributed by atoms with van der Waals surface area (Å²) in [5.41, 5.74) is 6.71. The Kier molecular flexibility index (Phi) is 5.31. The molecule has 0 bridgehead atoms. The molecule has 1 N–H and O–H groups in total. The summed E-state index contributed by atoms with van der Waals surface area (Å²) < 4.78 is 0. The van der Waals surface area contributed by atoms with Gasteiger partial charge in [0.1, 0.15) is 6.54 Å². The van der Waals surface area contributed by atoms with Crippen molar-refractivity contribution in [3.63, 3.8) is 0 Å². The third kappa shape index (κ3) is 4.45. The molecule has 1 fully saturated rings. The fourth-order valence-corrected chi connectivity index (χ4v) is 3.22. The van der Waals surface area contributed by atoms with Crippen LogP contribution >= 0.6 is 0 Å². The minimum Gasteiger partial charge on any atom is -0.328 e. The average Bonchev–Trinajstić information content (AvgIpc) is 2.58. The molecule has 2 aromatic rings. The predicted molar refractivity (Wildman–Crippen MR) is 101 cm³/mol. The van der Waals surface area contributed by atoms with E-state index in [1.807, 2.05) is 6.21 Å². The molecule has 0 spiro atoms. The quantitative estimate of drug-likeness (QED) is 0.857. The Balaban J connectivity index is 1.51. The van der Waals surface area contributed by atoms with Gasteiger partial charge in [0.05, 0.1) is 32.4 Å². The van der Waals surface area contributed by atoms with Crippen molar-refractivity contribution in [2.75, 3.05) is 26.2 Å². The van der Waals surface area contributed by atoms with Crippen LogP contribution in [0, 0.1) is 20.8 Å². The molecule has 2 aromatic carbocycles. The van der Waals surface area contributed by atoms with Crippen molar-refractivity contribution in [3.05, 3.63) is 70.3 Å². The summed E-state index contributed by atoms with van der Waals surface area (Å²) in [6.45, 7) is 12.0. The number of hydrogen-bond acceptors (Lipinski definition) is 2. The Hall–Kier alpha value is -2.13. The van der Waals surface area contributed by atoms with Crippen LogP contribution in [0.2, 0.25) is 0 Å². The van der Waals surface area contributed by atoms with Gasteiger partial charge in [0.2, 0.25) is 0 Å². The number of benzene rings is 2. The molecule has 0 saturated carbocycles. The van der Waals surface area contributed by atoms with Crippen molar-refractivity contribution in [2.24, 2.45) is 5.10 Å². The average molecular weight is 322 g/mol. The van der Waals surface area contributed by atoms with E-state index in [0.29, 0.717) is 0 Å². The fourth-order valence-electron chi connectivity index (χ4n) is 3.22. The molecule has 0 amide bonds. The molecule has 0 aliphatic carbocycles. The monoisotopic (exact) mass is 322 g/mol. The smallest absolute Gasteiger partial charge is 0.103 e. The second-order valence-electron chi connectivity index (χ2n) is 6.97. The lowest BCUT2D eigenvalue weighted by molar-refractivity contribution is -0.918. The molecule has 0 unspecified atom stereocenters. The van der Waals surface area contributed by atoms with Crippen LogP contribution < -0.4 is 4.90 Å². The fraction of sp³-hybridized carbons (Fsp3) is 0.381. The Morgan fingerprint density at radius 2 is 1.62 bits per heavy atom. The van der Waals surface area contributed by atoms with Gasteiger partial charge in [0.15, 0.2) is 0 Å². The van der Waals surface area contributed by atoms with E-state index in [1.54, 1.807) is 4.90 Å². The number of aryl methyl sites for hydroxylation is 3. The normalized spacial score (nSPS) is 16.0. The van der Waals surface area contributed by atoms with E-state index in [-0.39, 0.29) is 0 Å². The number of nitrogens with zero attached hydrogens (tertiary/aromatic N) is 2. The van der Waals surface area contributed by atoms with Crippen LogP contribution in [0.5, 0.6) is 0 Å². The zero-order chi connectivity index (χ0) is 16.9. The van der Waals surface area contributed by atoms with Gasteiger partial charge in [-0.2, -0.15) is 5.10 Å².